The van der Waals surface area contributed by atoms with E-state index >= 15 is 0 Å². The minimum atomic E-state index is -0.502. The second-order valence-corrected chi connectivity index (χ2v) is 6.62. The fraction of sp³-hybridized carbons (Fsp3) is 0.154. The zero-order chi connectivity index (χ0) is 15.2. The summed E-state index contributed by atoms with van der Waals surface area (Å²) in [7, 11) is 0. The summed E-state index contributed by atoms with van der Waals surface area (Å²) in [6.45, 7) is 0.484. The molecule has 1 aromatic heterocycles. The first-order valence-electron chi connectivity index (χ1n) is 5.97. The molecule has 0 saturated heterocycles. The van der Waals surface area contributed by atoms with Crippen LogP contribution in [-0.2, 0) is 0 Å². The maximum absolute atomic E-state index is 11.8. The van der Waals surface area contributed by atoms with Crippen molar-refractivity contribution in [1.29, 1.82) is 0 Å². The van der Waals surface area contributed by atoms with Crippen LogP contribution >= 0.6 is 34.7 Å². The Bertz CT molecular complexity index is 643. The molecule has 21 heavy (non-hydrogen) atoms. The van der Waals surface area contributed by atoms with E-state index in [9.17, 15) is 14.9 Å². The Morgan fingerprint density at radius 1 is 1.29 bits per heavy atom. The van der Waals surface area contributed by atoms with E-state index in [0.29, 0.717) is 22.2 Å². The number of halogens is 1. The number of nitro groups is 1. The Hall–Kier alpha value is -1.57. The first-order chi connectivity index (χ1) is 10.1. The number of hydrogen-bond donors (Lipinski definition) is 1. The number of thiophene rings is 1. The van der Waals surface area contributed by atoms with Crippen LogP contribution in [0, 0.1) is 10.1 Å². The van der Waals surface area contributed by atoms with Crippen molar-refractivity contribution in [3.8, 4) is 0 Å². The topological polar surface area (TPSA) is 72.2 Å². The maximum Gasteiger partial charge on any atom is 0.324 e. The number of carbonyl (C=O) groups excluding carboxylic acids is 1. The number of nitrogens with one attached hydrogen (secondary N) is 1. The summed E-state index contributed by atoms with van der Waals surface area (Å²) < 4.78 is 0. The SMILES string of the molecule is O=C(NCCSc1ccc(Cl)cc1)c1ccc([N+](=O)[O-])s1. The van der Waals surface area contributed by atoms with Gasteiger partial charge < -0.3 is 5.32 Å². The van der Waals surface area contributed by atoms with Gasteiger partial charge in [0.2, 0.25) is 0 Å². The van der Waals surface area contributed by atoms with Crippen molar-refractivity contribution in [2.24, 2.45) is 0 Å². The van der Waals surface area contributed by atoms with Gasteiger partial charge in [-0.15, -0.1) is 11.8 Å². The van der Waals surface area contributed by atoms with Gasteiger partial charge in [-0.3, -0.25) is 14.9 Å². The van der Waals surface area contributed by atoms with Crippen LogP contribution in [0.4, 0.5) is 5.00 Å². The number of rotatable bonds is 6. The Balaban J connectivity index is 1.76. The Morgan fingerprint density at radius 2 is 2.00 bits per heavy atom. The van der Waals surface area contributed by atoms with Gasteiger partial charge in [-0.2, -0.15) is 0 Å². The molecule has 1 aromatic carbocycles. The standard InChI is InChI=1S/C13H11ClN2O3S2/c14-9-1-3-10(4-2-9)20-8-7-15-13(17)11-5-6-12(21-11)16(18)19/h1-6H,7-8H2,(H,15,17). The van der Waals surface area contributed by atoms with Crippen LogP contribution in [0.25, 0.3) is 0 Å². The highest BCUT2D eigenvalue weighted by atomic mass is 35.5. The molecule has 0 atom stereocenters. The van der Waals surface area contributed by atoms with E-state index < -0.39 is 4.92 Å². The summed E-state index contributed by atoms with van der Waals surface area (Å²) in [4.78, 5) is 23.2. The summed E-state index contributed by atoms with van der Waals surface area (Å²) in [6.07, 6.45) is 0. The van der Waals surface area contributed by atoms with Crippen molar-refractivity contribution >= 4 is 45.6 Å². The molecule has 0 aliphatic carbocycles. The van der Waals surface area contributed by atoms with Gasteiger partial charge in [0.05, 0.1) is 9.80 Å². The molecule has 0 radical (unpaired) electrons. The lowest BCUT2D eigenvalue weighted by Crippen LogP contribution is -2.24. The lowest BCUT2D eigenvalue weighted by Gasteiger charge is -2.03. The molecule has 1 heterocycles. The molecule has 0 bridgehead atoms. The number of benzene rings is 1. The van der Waals surface area contributed by atoms with E-state index in [1.54, 1.807) is 11.8 Å². The number of hydrogen-bond acceptors (Lipinski definition) is 5. The minimum Gasteiger partial charge on any atom is -0.350 e. The van der Waals surface area contributed by atoms with Gasteiger partial charge in [-0.25, -0.2) is 0 Å². The second kappa shape index (κ2) is 7.44. The molecule has 8 heteroatoms. The summed E-state index contributed by atoms with van der Waals surface area (Å²) >= 11 is 8.26. The zero-order valence-corrected chi connectivity index (χ0v) is 13.1. The lowest BCUT2D eigenvalue weighted by molar-refractivity contribution is -0.380. The fourth-order valence-electron chi connectivity index (χ4n) is 1.50. The zero-order valence-electron chi connectivity index (χ0n) is 10.7. The third-order valence-corrected chi connectivity index (χ3v) is 4.77. The van der Waals surface area contributed by atoms with Crippen LogP contribution in [0.1, 0.15) is 9.67 Å². The van der Waals surface area contributed by atoms with Gasteiger partial charge in [0.15, 0.2) is 0 Å². The second-order valence-electron chi connectivity index (χ2n) is 3.95. The predicted octanol–water partition coefficient (Wildman–Crippen LogP) is 3.83. The van der Waals surface area contributed by atoms with E-state index in [4.69, 9.17) is 11.6 Å². The Morgan fingerprint density at radius 3 is 2.62 bits per heavy atom. The monoisotopic (exact) mass is 342 g/mol. The quantitative estimate of drug-likeness (QED) is 0.375. The third kappa shape index (κ3) is 4.73. The van der Waals surface area contributed by atoms with Crippen LogP contribution < -0.4 is 5.32 Å². The van der Waals surface area contributed by atoms with Crippen molar-refractivity contribution in [2.75, 3.05) is 12.3 Å². The molecule has 0 saturated carbocycles. The van der Waals surface area contributed by atoms with Gasteiger partial charge >= 0.3 is 5.00 Å². The molecule has 0 spiro atoms. The summed E-state index contributed by atoms with van der Waals surface area (Å²) in [5.41, 5.74) is 0. The summed E-state index contributed by atoms with van der Waals surface area (Å²) in [5.74, 6) is 0.422. The van der Waals surface area contributed by atoms with E-state index in [-0.39, 0.29) is 10.9 Å². The number of nitrogens with zero attached hydrogens (tertiary/aromatic N) is 1. The molecule has 110 valence electrons. The van der Waals surface area contributed by atoms with Crippen molar-refractivity contribution in [2.45, 2.75) is 4.90 Å². The van der Waals surface area contributed by atoms with E-state index in [0.717, 1.165) is 16.2 Å². The number of thioether (sulfide) groups is 1. The molecule has 0 aliphatic rings. The normalized spacial score (nSPS) is 10.3. The first kappa shape index (κ1) is 15.8. The highest BCUT2D eigenvalue weighted by Crippen LogP contribution is 2.24. The lowest BCUT2D eigenvalue weighted by atomic mass is 10.4. The molecule has 2 aromatic rings. The smallest absolute Gasteiger partial charge is 0.324 e. The molecule has 5 nitrogen and oxygen atoms in total. The summed E-state index contributed by atoms with van der Waals surface area (Å²) in [6, 6.07) is 10.3. The van der Waals surface area contributed by atoms with Crippen molar-refractivity contribution in [1.82, 2.24) is 5.32 Å². The third-order valence-electron chi connectivity index (χ3n) is 2.47. The van der Waals surface area contributed by atoms with Gasteiger partial charge in [0, 0.05) is 28.3 Å². The molecule has 1 amide bonds. The summed E-state index contributed by atoms with van der Waals surface area (Å²) in [5, 5.41) is 13.9. The molecule has 0 fully saturated rings. The van der Waals surface area contributed by atoms with Crippen LogP contribution in [0.15, 0.2) is 41.3 Å². The molecule has 0 unspecified atom stereocenters. The van der Waals surface area contributed by atoms with Crippen LogP contribution in [-0.4, -0.2) is 23.1 Å². The van der Waals surface area contributed by atoms with E-state index in [2.05, 4.69) is 5.32 Å². The number of amides is 1. The van der Waals surface area contributed by atoms with Crippen LogP contribution in [0.3, 0.4) is 0 Å². The van der Waals surface area contributed by atoms with Crippen molar-refractivity contribution in [3.05, 3.63) is 56.4 Å². The van der Waals surface area contributed by atoms with Gasteiger partial charge in [-0.1, -0.05) is 22.9 Å². The fourth-order valence-corrected chi connectivity index (χ4v) is 3.13. The minimum absolute atomic E-state index is 0.0318. The average molecular weight is 343 g/mol. The van der Waals surface area contributed by atoms with Crippen molar-refractivity contribution in [3.63, 3.8) is 0 Å². The molecule has 2 rings (SSSR count). The van der Waals surface area contributed by atoms with Gasteiger partial charge in [0.25, 0.3) is 5.91 Å². The molecule has 1 N–H and O–H groups in total. The van der Waals surface area contributed by atoms with E-state index in [1.165, 1.54) is 12.1 Å². The van der Waals surface area contributed by atoms with Gasteiger partial charge in [-0.05, 0) is 30.3 Å². The Kier molecular flexibility index (Phi) is 5.60. The van der Waals surface area contributed by atoms with Crippen molar-refractivity contribution < 1.29 is 9.72 Å². The Labute approximate surface area is 134 Å². The highest BCUT2D eigenvalue weighted by Gasteiger charge is 2.14. The predicted molar refractivity (Wildman–Crippen MR) is 85.5 cm³/mol. The van der Waals surface area contributed by atoms with Crippen LogP contribution in [0.2, 0.25) is 5.02 Å². The molecule has 0 aliphatic heterocycles. The number of carbonyl (C=O) groups is 1. The average Bonchev–Trinajstić information content (AvgIpc) is 2.95. The van der Waals surface area contributed by atoms with E-state index in [1.807, 2.05) is 24.3 Å². The molecular formula is C13H11ClN2O3S2. The van der Waals surface area contributed by atoms with Crippen LogP contribution in [0.5, 0.6) is 0 Å². The largest absolute Gasteiger partial charge is 0.350 e. The highest BCUT2D eigenvalue weighted by molar-refractivity contribution is 7.99. The first-order valence-corrected chi connectivity index (χ1v) is 8.15. The maximum atomic E-state index is 11.8. The molecular weight excluding hydrogens is 332 g/mol. The van der Waals surface area contributed by atoms with Gasteiger partial charge in [0.1, 0.15) is 0 Å².